The van der Waals surface area contributed by atoms with Gasteiger partial charge < -0.3 is 5.11 Å². The minimum Gasteiger partial charge on any atom is -0.395 e. The van der Waals surface area contributed by atoms with Crippen molar-refractivity contribution in [3.63, 3.8) is 0 Å². The van der Waals surface area contributed by atoms with E-state index in [1.54, 1.807) is 12.1 Å². The van der Waals surface area contributed by atoms with E-state index in [4.69, 9.17) is 0 Å². The molecule has 2 aliphatic rings. The fourth-order valence-corrected chi connectivity index (χ4v) is 6.10. The van der Waals surface area contributed by atoms with Gasteiger partial charge in [-0.25, -0.2) is 17.6 Å². The lowest BCUT2D eigenvalue weighted by Gasteiger charge is -2.36. The van der Waals surface area contributed by atoms with Crippen molar-refractivity contribution in [2.75, 3.05) is 25.4 Å². The Morgan fingerprint density at radius 2 is 2.10 bits per heavy atom. The molecular weight excluding hydrogens is 401 g/mol. The van der Waals surface area contributed by atoms with Gasteiger partial charge in [0, 0.05) is 18.8 Å². The summed E-state index contributed by atoms with van der Waals surface area (Å²) in [6, 6.07) is 6.44. The number of fused-ring (bicyclic) bond motifs is 2. The average Bonchev–Trinajstić information content (AvgIpc) is 3.33. The Hall–Kier alpha value is -1.83. The van der Waals surface area contributed by atoms with Gasteiger partial charge in [0.2, 0.25) is 0 Å². The summed E-state index contributed by atoms with van der Waals surface area (Å²) in [5.41, 5.74) is 4.71. The SMILES string of the molecule is CCCS(=O)N(CCO)CC[C@@]12CCCC1=Cc1c(cnn1-c1ccc(F)cc1)C2. The van der Waals surface area contributed by atoms with Gasteiger partial charge in [0.15, 0.2) is 0 Å². The van der Waals surface area contributed by atoms with Crippen molar-refractivity contribution >= 4 is 17.1 Å². The Morgan fingerprint density at radius 3 is 2.83 bits per heavy atom. The van der Waals surface area contributed by atoms with Crippen molar-refractivity contribution in [1.82, 2.24) is 14.1 Å². The third kappa shape index (κ3) is 4.15. The fraction of sp³-hybridized carbons (Fsp3) is 0.522. The summed E-state index contributed by atoms with van der Waals surface area (Å²) in [7, 11) is -1.03. The van der Waals surface area contributed by atoms with Crippen molar-refractivity contribution in [2.45, 2.75) is 45.4 Å². The Morgan fingerprint density at radius 1 is 1.30 bits per heavy atom. The van der Waals surface area contributed by atoms with Gasteiger partial charge in [0.05, 0.1) is 35.2 Å². The van der Waals surface area contributed by atoms with Gasteiger partial charge in [-0.05, 0) is 79.8 Å². The maximum atomic E-state index is 13.3. The van der Waals surface area contributed by atoms with E-state index in [1.807, 2.05) is 22.1 Å². The molecule has 0 spiro atoms. The molecular formula is C23H30FN3O2S. The molecule has 1 unspecified atom stereocenters. The van der Waals surface area contributed by atoms with Crippen LogP contribution in [-0.2, 0) is 17.4 Å². The molecule has 0 radical (unpaired) electrons. The van der Waals surface area contributed by atoms with Crippen LogP contribution in [0.1, 0.15) is 50.3 Å². The van der Waals surface area contributed by atoms with Crippen LogP contribution in [0.2, 0.25) is 0 Å². The average molecular weight is 432 g/mol. The monoisotopic (exact) mass is 431 g/mol. The molecule has 0 saturated heterocycles. The van der Waals surface area contributed by atoms with E-state index in [0.29, 0.717) is 12.3 Å². The number of aromatic nitrogens is 2. The highest BCUT2D eigenvalue weighted by atomic mass is 32.2. The predicted molar refractivity (Wildman–Crippen MR) is 118 cm³/mol. The third-order valence-electron chi connectivity index (χ3n) is 6.44. The van der Waals surface area contributed by atoms with E-state index in [0.717, 1.165) is 56.5 Å². The number of aliphatic hydroxyl groups is 1. The number of halogens is 1. The number of aliphatic hydroxyl groups excluding tert-OH is 1. The predicted octanol–water partition coefficient (Wildman–Crippen LogP) is 3.88. The topological polar surface area (TPSA) is 58.4 Å². The maximum Gasteiger partial charge on any atom is 0.123 e. The first kappa shape index (κ1) is 21.4. The molecule has 2 aromatic rings. The molecule has 1 N–H and O–H groups in total. The zero-order chi connectivity index (χ0) is 21.1. The van der Waals surface area contributed by atoms with Crippen molar-refractivity contribution in [3.05, 3.63) is 53.1 Å². The highest BCUT2D eigenvalue weighted by Gasteiger charge is 2.42. The first-order valence-corrected chi connectivity index (χ1v) is 12.1. The molecule has 0 aliphatic heterocycles. The summed E-state index contributed by atoms with van der Waals surface area (Å²) < 4.78 is 29.7. The minimum absolute atomic E-state index is 0.0275. The smallest absolute Gasteiger partial charge is 0.123 e. The number of rotatable bonds is 9. The van der Waals surface area contributed by atoms with Crippen LogP contribution in [0.15, 0.2) is 36.0 Å². The summed E-state index contributed by atoms with van der Waals surface area (Å²) in [5, 5.41) is 14.0. The molecule has 1 aromatic heterocycles. The van der Waals surface area contributed by atoms with Gasteiger partial charge in [-0.2, -0.15) is 5.10 Å². The van der Waals surface area contributed by atoms with Crippen molar-refractivity contribution in [2.24, 2.45) is 5.41 Å². The second-order valence-corrected chi connectivity index (χ2v) is 9.92. The van der Waals surface area contributed by atoms with Gasteiger partial charge in [-0.1, -0.05) is 12.5 Å². The number of hydrogen-bond donors (Lipinski definition) is 1. The molecule has 162 valence electrons. The highest BCUT2D eigenvalue weighted by molar-refractivity contribution is 7.82. The zero-order valence-electron chi connectivity index (χ0n) is 17.5. The van der Waals surface area contributed by atoms with Crippen LogP contribution in [-0.4, -0.2) is 48.9 Å². The molecule has 30 heavy (non-hydrogen) atoms. The molecule has 0 amide bonds. The van der Waals surface area contributed by atoms with E-state index in [-0.39, 0.29) is 17.8 Å². The van der Waals surface area contributed by atoms with Crippen molar-refractivity contribution in [3.8, 4) is 5.69 Å². The normalized spacial score (nSPS) is 21.4. The molecule has 7 heteroatoms. The summed E-state index contributed by atoms with van der Waals surface area (Å²) in [6.45, 7) is 3.24. The Kier molecular flexibility index (Phi) is 6.51. The molecule has 2 aliphatic carbocycles. The van der Waals surface area contributed by atoms with Gasteiger partial charge in [0.1, 0.15) is 5.82 Å². The molecule has 2 atom stereocenters. The number of allylic oxidation sites excluding steroid dienone is 1. The number of benzene rings is 1. The van der Waals surface area contributed by atoms with Gasteiger partial charge in [-0.15, -0.1) is 0 Å². The van der Waals surface area contributed by atoms with Crippen molar-refractivity contribution in [1.29, 1.82) is 0 Å². The first-order chi connectivity index (χ1) is 14.6. The quantitative estimate of drug-likeness (QED) is 0.656. The van der Waals surface area contributed by atoms with Crippen LogP contribution in [0.25, 0.3) is 11.8 Å². The van der Waals surface area contributed by atoms with E-state index >= 15 is 0 Å². The molecule has 4 rings (SSSR count). The Balaban J connectivity index is 1.57. The molecule has 1 aromatic carbocycles. The summed E-state index contributed by atoms with van der Waals surface area (Å²) in [5.74, 6) is 0.394. The van der Waals surface area contributed by atoms with E-state index in [2.05, 4.69) is 11.2 Å². The van der Waals surface area contributed by atoms with Crippen LogP contribution in [0, 0.1) is 11.2 Å². The molecule has 1 fully saturated rings. The Labute approximate surface area is 180 Å². The van der Waals surface area contributed by atoms with Crippen molar-refractivity contribution < 1.29 is 13.7 Å². The Bertz CT molecular complexity index is 940. The number of nitrogens with zero attached hydrogens (tertiary/aromatic N) is 3. The van der Waals surface area contributed by atoms with Crippen LogP contribution in [0.3, 0.4) is 0 Å². The van der Waals surface area contributed by atoms with Gasteiger partial charge in [0.25, 0.3) is 0 Å². The summed E-state index contributed by atoms with van der Waals surface area (Å²) >= 11 is 0. The lowest BCUT2D eigenvalue weighted by molar-refractivity contribution is 0.236. The van der Waals surface area contributed by atoms with Crippen LogP contribution >= 0.6 is 0 Å². The van der Waals surface area contributed by atoms with Gasteiger partial charge >= 0.3 is 0 Å². The molecule has 5 nitrogen and oxygen atoms in total. The third-order valence-corrected chi connectivity index (χ3v) is 8.13. The fourth-order valence-electron chi connectivity index (χ4n) is 4.91. The largest absolute Gasteiger partial charge is 0.395 e. The summed E-state index contributed by atoms with van der Waals surface area (Å²) in [6.07, 6.45) is 10.3. The van der Waals surface area contributed by atoms with Crippen LogP contribution in [0.4, 0.5) is 4.39 Å². The van der Waals surface area contributed by atoms with Crippen LogP contribution in [0.5, 0.6) is 0 Å². The second-order valence-electron chi connectivity index (χ2n) is 8.35. The zero-order valence-corrected chi connectivity index (χ0v) is 18.3. The van der Waals surface area contributed by atoms with E-state index in [1.165, 1.54) is 23.3 Å². The lowest BCUT2D eigenvalue weighted by Crippen LogP contribution is -2.36. The molecule has 0 bridgehead atoms. The number of hydrogen-bond acceptors (Lipinski definition) is 3. The van der Waals surface area contributed by atoms with Gasteiger partial charge in [-0.3, -0.25) is 0 Å². The minimum atomic E-state index is -1.03. The highest BCUT2D eigenvalue weighted by Crippen LogP contribution is 2.52. The van der Waals surface area contributed by atoms with Crippen LogP contribution < -0.4 is 0 Å². The van der Waals surface area contributed by atoms with E-state index < -0.39 is 11.0 Å². The standard InChI is InChI=1S/C23H30FN3O2S/c1-2-14-30(29)26(12-13-28)11-10-23-9-3-4-19(23)15-22-18(16-23)17-25-27(22)21-7-5-20(24)6-8-21/h5-8,15,17,28H,2-4,9-14,16H2,1H3/t23-,30?/m1/s1. The maximum absolute atomic E-state index is 13.3. The van der Waals surface area contributed by atoms with E-state index in [9.17, 15) is 13.7 Å². The first-order valence-electron chi connectivity index (χ1n) is 10.8. The second kappa shape index (κ2) is 9.12. The molecule has 1 saturated carbocycles. The lowest BCUT2D eigenvalue weighted by atomic mass is 9.71. The molecule has 1 heterocycles. The summed E-state index contributed by atoms with van der Waals surface area (Å²) in [4.78, 5) is 0.